The summed E-state index contributed by atoms with van der Waals surface area (Å²) in [6, 6.07) is 10.3. The first kappa shape index (κ1) is 17.3. The topological polar surface area (TPSA) is 53.4 Å². The molecule has 0 amide bonds. The van der Waals surface area contributed by atoms with Gasteiger partial charge in [0.1, 0.15) is 5.69 Å². The van der Waals surface area contributed by atoms with Gasteiger partial charge in [0.05, 0.1) is 6.04 Å². The minimum absolute atomic E-state index is 0.130. The van der Waals surface area contributed by atoms with E-state index in [9.17, 15) is 9.18 Å². The van der Waals surface area contributed by atoms with E-state index in [4.69, 9.17) is 9.47 Å². The average Bonchev–Trinajstić information content (AvgIpc) is 2.96. The number of hydrogen-bond donors (Lipinski definition) is 0. The number of nitrogens with zero attached hydrogens (tertiary/aromatic N) is 2. The predicted molar refractivity (Wildman–Crippen MR) is 83.8 cm³/mol. The van der Waals surface area contributed by atoms with Crippen LogP contribution in [0.4, 0.5) is 4.39 Å². The summed E-state index contributed by atoms with van der Waals surface area (Å²) in [6.07, 6.45) is -1.05. The molecule has 6 heteroatoms. The largest absolute Gasteiger partial charge is 0.346 e. The van der Waals surface area contributed by atoms with Crippen LogP contribution in [-0.2, 0) is 9.47 Å². The quantitative estimate of drug-likeness (QED) is 0.553. The lowest BCUT2D eigenvalue weighted by molar-refractivity contribution is -0.107. The van der Waals surface area contributed by atoms with Gasteiger partial charge in [-0.3, -0.25) is 9.48 Å². The molecule has 0 saturated carbocycles. The van der Waals surface area contributed by atoms with Crippen LogP contribution >= 0.6 is 0 Å². The van der Waals surface area contributed by atoms with Gasteiger partial charge in [-0.1, -0.05) is 30.3 Å². The molecule has 0 aliphatic rings. The van der Waals surface area contributed by atoms with Crippen LogP contribution in [0.15, 0.2) is 36.4 Å². The predicted octanol–water partition coefficient (Wildman–Crippen LogP) is 3.21. The Balaban J connectivity index is 2.34. The van der Waals surface area contributed by atoms with Crippen LogP contribution < -0.4 is 0 Å². The summed E-state index contributed by atoms with van der Waals surface area (Å²) in [4.78, 5) is 12.6. The van der Waals surface area contributed by atoms with Crippen molar-refractivity contribution >= 4 is 5.78 Å². The summed E-state index contributed by atoms with van der Waals surface area (Å²) >= 11 is 0. The maximum atomic E-state index is 13.7. The van der Waals surface area contributed by atoms with Crippen molar-refractivity contribution < 1.29 is 18.7 Å². The third-order valence-electron chi connectivity index (χ3n) is 3.46. The molecule has 0 spiro atoms. The Bertz CT molecular complexity index is 637. The molecule has 1 aromatic heterocycles. The minimum Gasteiger partial charge on any atom is -0.346 e. The van der Waals surface area contributed by atoms with E-state index in [1.54, 1.807) is 13.8 Å². The van der Waals surface area contributed by atoms with Crippen molar-refractivity contribution in [3.05, 3.63) is 53.6 Å². The van der Waals surface area contributed by atoms with Gasteiger partial charge in [0.15, 0.2) is 0 Å². The summed E-state index contributed by atoms with van der Waals surface area (Å²) in [5, 5.41) is 3.83. The smallest absolute Gasteiger partial charge is 0.236 e. The standard InChI is InChI=1S/C17H21FN2O3/c1-4-22-17(23-5-2)16(21)14-11-15(18)19-20(14)12(3)13-9-7-6-8-10-13/h6-12,17H,4-5H2,1-3H3/t12-/m1/s1. The molecule has 0 saturated heterocycles. The molecule has 0 bridgehead atoms. The number of aromatic nitrogens is 2. The fourth-order valence-electron chi connectivity index (χ4n) is 2.34. The van der Waals surface area contributed by atoms with Gasteiger partial charge < -0.3 is 9.47 Å². The fraction of sp³-hybridized carbons (Fsp3) is 0.412. The number of ether oxygens (including phenoxy) is 2. The second-order valence-electron chi connectivity index (χ2n) is 4.99. The molecule has 0 fully saturated rings. The first-order chi connectivity index (χ1) is 11.1. The highest BCUT2D eigenvalue weighted by molar-refractivity contribution is 5.97. The summed E-state index contributed by atoms with van der Waals surface area (Å²) in [5.74, 6) is -1.14. The van der Waals surface area contributed by atoms with E-state index in [0.29, 0.717) is 13.2 Å². The van der Waals surface area contributed by atoms with Crippen molar-refractivity contribution in [2.75, 3.05) is 13.2 Å². The van der Waals surface area contributed by atoms with Crippen LogP contribution in [0.25, 0.3) is 0 Å². The lowest BCUT2D eigenvalue weighted by atomic mass is 10.1. The summed E-state index contributed by atoms with van der Waals surface area (Å²) in [5.41, 5.74) is 1.06. The minimum atomic E-state index is -1.05. The second-order valence-corrected chi connectivity index (χ2v) is 4.99. The second kappa shape index (κ2) is 7.99. The van der Waals surface area contributed by atoms with Crippen LogP contribution in [0.2, 0.25) is 0 Å². The normalized spacial score (nSPS) is 12.6. The average molecular weight is 320 g/mol. The molecule has 23 heavy (non-hydrogen) atoms. The summed E-state index contributed by atoms with van der Waals surface area (Å²) in [6.45, 7) is 6.03. The first-order valence-electron chi connectivity index (χ1n) is 7.65. The zero-order valence-corrected chi connectivity index (χ0v) is 13.5. The van der Waals surface area contributed by atoms with Crippen molar-refractivity contribution in [1.82, 2.24) is 9.78 Å². The Hall–Kier alpha value is -2.05. The van der Waals surface area contributed by atoms with Crippen molar-refractivity contribution in [3.8, 4) is 0 Å². The molecule has 5 nitrogen and oxygen atoms in total. The number of benzene rings is 1. The van der Waals surface area contributed by atoms with Gasteiger partial charge in [0, 0.05) is 19.3 Å². The molecule has 2 aromatic rings. The van der Waals surface area contributed by atoms with Crippen LogP contribution in [0.5, 0.6) is 0 Å². The van der Waals surface area contributed by atoms with Gasteiger partial charge in [-0.25, -0.2) is 0 Å². The van der Waals surface area contributed by atoms with Gasteiger partial charge >= 0.3 is 0 Å². The summed E-state index contributed by atoms with van der Waals surface area (Å²) < 4.78 is 25.7. The van der Waals surface area contributed by atoms with Gasteiger partial charge in [-0.2, -0.15) is 4.39 Å². The van der Waals surface area contributed by atoms with Crippen molar-refractivity contribution in [1.29, 1.82) is 0 Å². The van der Waals surface area contributed by atoms with Crippen LogP contribution in [0, 0.1) is 5.95 Å². The maximum Gasteiger partial charge on any atom is 0.236 e. The molecule has 124 valence electrons. The molecule has 1 atom stereocenters. The molecule has 2 rings (SSSR count). The SMILES string of the molecule is CCOC(OCC)C(=O)c1cc(F)nn1[C@H](C)c1ccccc1. The number of Topliss-reactive ketones (excluding diaryl/α,β-unsaturated/α-hetero) is 1. The van der Waals surface area contributed by atoms with E-state index in [0.717, 1.165) is 11.6 Å². The van der Waals surface area contributed by atoms with Gasteiger partial charge in [0.2, 0.25) is 18.0 Å². The van der Waals surface area contributed by atoms with E-state index >= 15 is 0 Å². The van der Waals surface area contributed by atoms with Gasteiger partial charge in [-0.05, 0) is 26.3 Å². The maximum absolute atomic E-state index is 13.7. The molecule has 1 heterocycles. The van der Waals surface area contributed by atoms with Crippen LogP contribution in [0.3, 0.4) is 0 Å². The highest BCUT2D eigenvalue weighted by Crippen LogP contribution is 2.21. The number of hydrogen-bond acceptors (Lipinski definition) is 4. The van der Waals surface area contributed by atoms with Crippen molar-refractivity contribution in [3.63, 3.8) is 0 Å². The number of carbonyl (C=O) groups is 1. The molecule has 1 aromatic carbocycles. The number of halogens is 1. The lowest BCUT2D eigenvalue weighted by Gasteiger charge is -2.19. The zero-order valence-electron chi connectivity index (χ0n) is 13.5. The Kier molecular flexibility index (Phi) is 6.01. The number of ketones is 1. The zero-order chi connectivity index (χ0) is 16.8. The van der Waals surface area contributed by atoms with Crippen molar-refractivity contribution in [2.24, 2.45) is 0 Å². The fourth-order valence-corrected chi connectivity index (χ4v) is 2.34. The third-order valence-corrected chi connectivity index (χ3v) is 3.46. The van der Waals surface area contributed by atoms with Gasteiger partial charge in [0.25, 0.3) is 0 Å². The highest BCUT2D eigenvalue weighted by Gasteiger charge is 2.27. The third kappa shape index (κ3) is 4.03. The van der Waals surface area contributed by atoms with E-state index in [-0.39, 0.29) is 11.7 Å². The highest BCUT2D eigenvalue weighted by atomic mass is 19.1. The monoisotopic (exact) mass is 320 g/mol. The Morgan fingerprint density at radius 3 is 2.39 bits per heavy atom. The molecular weight excluding hydrogens is 299 g/mol. The molecule has 0 aliphatic heterocycles. The van der Waals surface area contributed by atoms with E-state index in [1.807, 2.05) is 37.3 Å². The Labute approximate surface area is 135 Å². The van der Waals surface area contributed by atoms with E-state index in [1.165, 1.54) is 4.68 Å². The summed E-state index contributed by atoms with van der Waals surface area (Å²) in [7, 11) is 0. The van der Waals surface area contributed by atoms with E-state index in [2.05, 4.69) is 5.10 Å². The first-order valence-corrected chi connectivity index (χ1v) is 7.65. The Morgan fingerprint density at radius 1 is 1.22 bits per heavy atom. The molecule has 0 radical (unpaired) electrons. The van der Waals surface area contributed by atoms with Crippen molar-refractivity contribution in [2.45, 2.75) is 33.1 Å². The van der Waals surface area contributed by atoms with Crippen LogP contribution in [0.1, 0.15) is 42.9 Å². The van der Waals surface area contributed by atoms with Gasteiger partial charge in [-0.15, -0.1) is 5.10 Å². The lowest BCUT2D eigenvalue weighted by Crippen LogP contribution is -2.30. The van der Waals surface area contributed by atoms with Crippen LogP contribution in [-0.4, -0.2) is 35.1 Å². The van der Waals surface area contributed by atoms with E-state index < -0.39 is 18.0 Å². The Morgan fingerprint density at radius 2 is 1.83 bits per heavy atom. The molecular formula is C17H21FN2O3. The molecule has 0 N–H and O–H groups in total. The number of carbonyl (C=O) groups excluding carboxylic acids is 1. The number of rotatable bonds is 8. The molecule has 0 aliphatic carbocycles. The molecule has 0 unspecified atom stereocenters.